The molecule has 0 amide bonds. The van der Waals surface area contributed by atoms with Crippen molar-refractivity contribution in [2.24, 2.45) is 7.05 Å². The second-order valence-corrected chi connectivity index (χ2v) is 3.20. The van der Waals surface area contributed by atoms with Crippen LogP contribution in [0, 0.1) is 6.92 Å². The Labute approximate surface area is 96.7 Å². The molecular weight excluding hydrogens is 205 g/mol. The Morgan fingerprint density at radius 1 is 1.31 bits per heavy atom. The predicted octanol–water partition coefficient (Wildman–Crippen LogP) is 3.08. The first-order valence-corrected chi connectivity index (χ1v) is 5.37. The van der Waals surface area contributed by atoms with Crippen molar-refractivity contribution in [1.82, 2.24) is 14.8 Å². The summed E-state index contributed by atoms with van der Waals surface area (Å²) in [6.07, 6.45) is 8.23. The van der Waals surface area contributed by atoms with Crippen LogP contribution in [-0.4, -0.2) is 21.4 Å². The average molecular weight is 225 g/mol. The fourth-order valence-corrected chi connectivity index (χ4v) is 0.881. The van der Waals surface area contributed by atoms with Crippen LogP contribution in [0.2, 0.25) is 0 Å². The Morgan fingerprint density at radius 2 is 2.00 bits per heavy atom. The smallest absolute Gasteiger partial charge is 0.156 e. The molecule has 0 aliphatic rings. The summed E-state index contributed by atoms with van der Waals surface area (Å²) in [5.41, 5.74) is 0. The largest absolute Gasteiger partial charge is 0.315 e. The van der Waals surface area contributed by atoms with E-state index >= 15 is 0 Å². The number of allylic oxidation sites excluding steroid dienone is 3. The van der Waals surface area contributed by atoms with Crippen molar-refractivity contribution in [3.63, 3.8) is 0 Å². The van der Waals surface area contributed by atoms with Gasteiger partial charge in [0.15, 0.2) is 5.82 Å². The first-order valence-electron chi connectivity index (χ1n) is 5.37. The topological polar surface area (TPSA) is 30.7 Å². The van der Waals surface area contributed by atoms with Crippen molar-refractivity contribution < 1.29 is 4.39 Å². The van der Waals surface area contributed by atoms with Gasteiger partial charge in [0.2, 0.25) is 0 Å². The minimum Gasteiger partial charge on any atom is -0.315 e. The van der Waals surface area contributed by atoms with E-state index in [1.165, 1.54) is 6.08 Å². The fraction of sp³-hybridized carbons (Fsp3) is 0.500. The van der Waals surface area contributed by atoms with Crippen LogP contribution < -0.4 is 0 Å². The summed E-state index contributed by atoms with van der Waals surface area (Å²) < 4.78 is 12.9. The van der Waals surface area contributed by atoms with E-state index in [-0.39, 0.29) is 6.67 Å². The summed E-state index contributed by atoms with van der Waals surface area (Å²) in [6, 6.07) is 0. The van der Waals surface area contributed by atoms with Crippen LogP contribution in [0.1, 0.15) is 31.9 Å². The highest BCUT2D eigenvalue weighted by Gasteiger charge is 1.98. The van der Waals surface area contributed by atoms with Crippen LogP contribution in [0.4, 0.5) is 4.39 Å². The normalized spacial score (nSPS) is 10.8. The lowest BCUT2D eigenvalue weighted by Gasteiger charge is -1.93. The highest BCUT2D eigenvalue weighted by molar-refractivity contribution is 5.39. The van der Waals surface area contributed by atoms with Crippen molar-refractivity contribution in [3.8, 4) is 0 Å². The van der Waals surface area contributed by atoms with Gasteiger partial charge in [-0.3, -0.25) is 0 Å². The summed E-state index contributed by atoms with van der Waals surface area (Å²) in [4.78, 5) is 0. The van der Waals surface area contributed by atoms with Crippen LogP contribution in [0.15, 0.2) is 18.2 Å². The molecule has 0 fully saturated rings. The van der Waals surface area contributed by atoms with Gasteiger partial charge in [-0.1, -0.05) is 25.2 Å². The van der Waals surface area contributed by atoms with Gasteiger partial charge in [-0.2, -0.15) is 0 Å². The molecule has 1 aromatic heterocycles. The lowest BCUT2D eigenvalue weighted by Crippen LogP contribution is -1.93. The maximum absolute atomic E-state index is 10.9. The fourth-order valence-electron chi connectivity index (χ4n) is 0.881. The third-order valence-corrected chi connectivity index (χ3v) is 1.95. The monoisotopic (exact) mass is 225 g/mol. The van der Waals surface area contributed by atoms with Crippen molar-refractivity contribution in [2.45, 2.75) is 27.2 Å². The summed E-state index contributed by atoms with van der Waals surface area (Å²) in [5, 5.41) is 7.91. The van der Waals surface area contributed by atoms with E-state index in [1.807, 2.05) is 24.6 Å². The Balaban J connectivity index is 0.000000385. The SMILES string of the molecule is C/C=C\CF.CC/C=C/c1nnc(C)n1C. The van der Waals surface area contributed by atoms with Crippen molar-refractivity contribution in [3.05, 3.63) is 29.9 Å². The third-order valence-electron chi connectivity index (χ3n) is 1.95. The van der Waals surface area contributed by atoms with E-state index in [0.717, 1.165) is 18.1 Å². The maximum Gasteiger partial charge on any atom is 0.156 e. The molecule has 0 N–H and O–H groups in total. The van der Waals surface area contributed by atoms with Crippen molar-refractivity contribution >= 4 is 6.08 Å². The zero-order chi connectivity index (χ0) is 12.4. The van der Waals surface area contributed by atoms with Gasteiger partial charge in [0.1, 0.15) is 12.5 Å². The number of rotatable bonds is 3. The molecular formula is C12H20FN3. The van der Waals surface area contributed by atoms with Crippen LogP contribution >= 0.6 is 0 Å². The van der Waals surface area contributed by atoms with E-state index in [1.54, 1.807) is 13.0 Å². The number of nitrogens with zero attached hydrogens (tertiary/aromatic N) is 3. The molecule has 0 aliphatic carbocycles. The zero-order valence-corrected chi connectivity index (χ0v) is 10.4. The van der Waals surface area contributed by atoms with Crippen LogP contribution in [0.3, 0.4) is 0 Å². The van der Waals surface area contributed by atoms with Gasteiger partial charge in [0, 0.05) is 7.05 Å². The molecule has 0 saturated carbocycles. The Morgan fingerprint density at radius 3 is 2.31 bits per heavy atom. The minimum atomic E-state index is -0.337. The van der Waals surface area contributed by atoms with Gasteiger partial charge in [-0.05, 0) is 26.3 Å². The summed E-state index contributed by atoms with van der Waals surface area (Å²) in [7, 11) is 1.96. The Bertz CT molecular complexity index is 340. The number of halogens is 1. The molecule has 90 valence electrons. The second-order valence-electron chi connectivity index (χ2n) is 3.20. The van der Waals surface area contributed by atoms with E-state index in [9.17, 15) is 4.39 Å². The standard InChI is InChI=1S/C8H13N3.C4H7F/c1-4-5-6-8-10-9-7(2)11(8)3;1-2-3-4-5/h5-6H,4H2,1-3H3;2-3H,4H2,1H3/b6-5+;3-2-. The lowest BCUT2D eigenvalue weighted by molar-refractivity contribution is 0.561. The average Bonchev–Trinajstić information content (AvgIpc) is 2.59. The molecule has 0 radical (unpaired) electrons. The molecule has 4 heteroatoms. The maximum atomic E-state index is 10.9. The van der Waals surface area contributed by atoms with Crippen molar-refractivity contribution in [1.29, 1.82) is 0 Å². The van der Waals surface area contributed by atoms with Crippen molar-refractivity contribution in [2.75, 3.05) is 6.67 Å². The second kappa shape index (κ2) is 8.83. The highest BCUT2D eigenvalue weighted by atomic mass is 19.1. The quantitative estimate of drug-likeness (QED) is 0.740. The minimum absolute atomic E-state index is 0.337. The van der Waals surface area contributed by atoms with E-state index < -0.39 is 0 Å². The van der Waals surface area contributed by atoms with Crippen LogP contribution in [0.5, 0.6) is 0 Å². The first-order chi connectivity index (χ1) is 7.67. The van der Waals surface area contributed by atoms with Gasteiger partial charge in [0.25, 0.3) is 0 Å². The Kier molecular flexibility index (Phi) is 8.03. The molecule has 1 heterocycles. The van der Waals surface area contributed by atoms with Gasteiger partial charge >= 0.3 is 0 Å². The Hall–Kier alpha value is -1.45. The molecule has 1 aromatic rings. The van der Waals surface area contributed by atoms with Gasteiger partial charge in [0.05, 0.1) is 0 Å². The molecule has 0 saturated heterocycles. The predicted molar refractivity (Wildman–Crippen MR) is 65.9 cm³/mol. The highest BCUT2D eigenvalue weighted by Crippen LogP contribution is 1.99. The molecule has 0 aliphatic heterocycles. The molecule has 0 atom stereocenters. The lowest BCUT2D eigenvalue weighted by atomic mass is 10.4. The van der Waals surface area contributed by atoms with Gasteiger partial charge in [-0.25, -0.2) is 4.39 Å². The van der Waals surface area contributed by atoms with Crippen LogP contribution in [-0.2, 0) is 7.05 Å². The summed E-state index contributed by atoms with van der Waals surface area (Å²) >= 11 is 0. The molecule has 0 aromatic carbocycles. The number of alkyl halides is 1. The molecule has 0 bridgehead atoms. The van der Waals surface area contributed by atoms with E-state index in [0.29, 0.717) is 0 Å². The molecule has 3 nitrogen and oxygen atoms in total. The molecule has 0 spiro atoms. The number of hydrogen-bond donors (Lipinski definition) is 0. The van der Waals surface area contributed by atoms with E-state index in [2.05, 4.69) is 23.2 Å². The van der Waals surface area contributed by atoms with E-state index in [4.69, 9.17) is 0 Å². The van der Waals surface area contributed by atoms with Gasteiger partial charge in [-0.15, -0.1) is 10.2 Å². The summed E-state index contributed by atoms with van der Waals surface area (Å²) in [6.45, 7) is 5.49. The van der Waals surface area contributed by atoms with Crippen LogP contribution in [0.25, 0.3) is 6.08 Å². The molecule has 1 rings (SSSR count). The summed E-state index contributed by atoms with van der Waals surface area (Å²) in [5.74, 6) is 1.87. The zero-order valence-electron chi connectivity index (χ0n) is 10.4. The molecule has 16 heavy (non-hydrogen) atoms. The third kappa shape index (κ3) is 5.44. The van der Waals surface area contributed by atoms with Gasteiger partial charge < -0.3 is 4.57 Å². The molecule has 0 unspecified atom stereocenters. The first kappa shape index (κ1) is 14.6. The number of aryl methyl sites for hydroxylation is 1. The number of hydrogen-bond acceptors (Lipinski definition) is 2. The number of aromatic nitrogens is 3.